The van der Waals surface area contributed by atoms with Crippen LogP contribution < -0.4 is 5.32 Å². The Morgan fingerprint density at radius 2 is 2.10 bits per heavy atom. The summed E-state index contributed by atoms with van der Waals surface area (Å²) in [5.41, 5.74) is 0.466. The van der Waals surface area contributed by atoms with E-state index < -0.39 is 0 Å². The summed E-state index contributed by atoms with van der Waals surface area (Å²) in [6, 6.07) is 6.27. The second-order valence-corrected chi connectivity index (χ2v) is 7.51. The highest BCUT2D eigenvalue weighted by Gasteiger charge is 2.23. The van der Waals surface area contributed by atoms with Crippen molar-refractivity contribution in [3.63, 3.8) is 0 Å². The van der Waals surface area contributed by atoms with Crippen molar-refractivity contribution >= 4 is 50.5 Å². The lowest BCUT2D eigenvalue weighted by Gasteiger charge is -2.19. The fourth-order valence-electron chi connectivity index (χ4n) is 1.93. The molecule has 2 rings (SSSR count). The Kier molecular flexibility index (Phi) is 5.87. The Hall–Kier alpha value is -0.130. The van der Waals surface area contributed by atoms with E-state index in [1.165, 1.54) is 17.4 Å². The molecule has 1 heterocycles. The largest absolute Gasteiger partial charge is 0.305 e. The van der Waals surface area contributed by atoms with Crippen LogP contribution in [-0.4, -0.2) is 6.54 Å². The molecule has 0 aliphatic heterocycles. The van der Waals surface area contributed by atoms with Crippen molar-refractivity contribution in [1.29, 1.82) is 0 Å². The number of hydrogen-bond acceptors (Lipinski definition) is 2. The van der Waals surface area contributed by atoms with Gasteiger partial charge in [0.15, 0.2) is 0 Å². The summed E-state index contributed by atoms with van der Waals surface area (Å²) in [6.45, 7) is 2.83. The lowest BCUT2D eigenvalue weighted by Crippen LogP contribution is -2.23. The Bertz CT molecular complexity index is 563. The molecule has 20 heavy (non-hydrogen) atoms. The van der Waals surface area contributed by atoms with Crippen molar-refractivity contribution in [3.8, 4) is 0 Å². The fourth-order valence-corrected chi connectivity index (χ4v) is 4.03. The summed E-state index contributed by atoms with van der Waals surface area (Å²) in [5.74, 6) is -0.313. The number of hydrogen-bond donors (Lipinski definition) is 1. The van der Waals surface area contributed by atoms with Crippen LogP contribution in [0.4, 0.5) is 4.39 Å². The minimum atomic E-state index is -0.313. The van der Waals surface area contributed by atoms with Gasteiger partial charge in [-0.15, -0.1) is 11.3 Å². The van der Waals surface area contributed by atoms with Crippen LogP contribution in [0.5, 0.6) is 0 Å². The highest BCUT2D eigenvalue weighted by atomic mass is 79.9. The average molecular weight is 397 g/mol. The summed E-state index contributed by atoms with van der Waals surface area (Å²) in [4.78, 5) is 0.933. The maximum Gasteiger partial charge on any atom is 0.129 e. The summed E-state index contributed by atoms with van der Waals surface area (Å²) in [5, 5.41) is 4.37. The summed E-state index contributed by atoms with van der Waals surface area (Å²) >= 11 is 17.1. The average Bonchev–Trinajstić information content (AvgIpc) is 2.73. The van der Waals surface area contributed by atoms with Gasteiger partial charge in [0.25, 0.3) is 0 Å². The van der Waals surface area contributed by atoms with Crippen LogP contribution in [0.2, 0.25) is 10.0 Å². The third-order valence-electron chi connectivity index (χ3n) is 2.84. The van der Waals surface area contributed by atoms with Gasteiger partial charge in [0.1, 0.15) is 5.82 Å². The van der Waals surface area contributed by atoms with Gasteiger partial charge in [0.2, 0.25) is 0 Å². The molecule has 0 spiro atoms. The first-order chi connectivity index (χ1) is 9.54. The highest BCUT2D eigenvalue weighted by Crippen LogP contribution is 2.39. The van der Waals surface area contributed by atoms with Gasteiger partial charge in [-0.25, -0.2) is 4.39 Å². The summed E-state index contributed by atoms with van der Waals surface area (Å²) < 4.78 is 15.0. The van der Waals surface area contributed by atoms with Gasteiger partial charge in [0, 0.05) is 15.5 Å². The first kappa shape index (κ1) is 16.2. The van der Waals surface area contributed by atoms with Crippen molar-refractivity contribution in [3.05, 3.63) is 54.4 Å². The molecule has 0 fully saturated rings. The maximum atomic E-state index is 14.2. The predicted molar refractivity (Wildman–Crippen MR) is 88.6 cm³/mol. The van der Waals surface area contributed by atoms with Crippen molar-refractivity contribution < 1.29 is 4.39 Å². The van der Waals surface area contributed by atoms with E-state index in [1.807, 2.05) is 6.07 Å². The van der Waals surface area contributed by atoms with Gasteiger partial charge in [0.05, 0.1) is 14.9 Å². The molecule has 1 aromatic carbocycles. The standard InChI is InChI=1S/C14H13BrCl2FNS/c1-2-6-19-13(11-7-9(17)14(15)20-11)12-8(16)4-3-5-10(12)18/h3-5,7,13,19H,2,6H2,1H3. The summed E-state index contributed by atoms with van der Waals surface area (Å²) in [6.07, 6.45) is 0.947. The molecule has 0 amide bonds. The molecule has 1 aromatic heterocycles. The Morgan fingerprint density at radius 1 is 1.35 bits per heavy atom. The zero-order valence-corrected chi connectivity index (χ0v) is 14.6. The quantitative estimate of drug-likeness (QED) is 0.648. The molecule has 1 atom stereocenters. The van der Waals surface area contributed by atoms with Gasteiger partial charge in [-0.1, -0.05) is 36.2 Å². The van der Waals surface area contributed by atoms with E-state index in [2.05, 4.69) is 28.2 Å². The Balaban J connectivity index is 2.47. The second kappa shape index (κ2) is 7.23. The maximum absolute atomic E-state index is 14.2. The molecule has 1 unspecified atom stereocenters. The van der Waals surface area contributed by atoms with E-state index in [9.17, 15) is 4.39 Å². The molecule has 0 radical (unpaired) electrons. The number of rotatable bonds is 5. The van der Waals surface area contributed by atoms with E-state index in [1.54, 1.807) is 12.1 Å². The van der Waals surface area contributed by atoms with E-state index in [4.69, 9.17) is 23.2 Å². The number of benzene rings is 1. The van der Waals surface area contributed by atoms with Crippen LogP contribution >= 0.6 is 50.5 Å². The molecule has 108 valence electrons. The Morgan fingerprint density at radius 3 is 2.65 bits per heavy atom. The molecule has 0 bridgehead atoms. The van der Waals surface area contributed by atoms with Crippen molar-refractivity contribution in [1.82, 2.24) is 5.32 Å². The highest BCUT2D eigenvalue weighted by molar-refractivity contribution is 9.11. The summed E-state index contributed by atoms with van der Waals surface area (Å²) in [7, 11) is 0. The van der Waals surface area contributed by atoms with Crippen molar-refractivity contribution in [2.24, 2.45) is 0 Å². The van der Waals surface area contributed by atoms with Gasteiger partial charge in [-0.05, 0) is 47.1 Å². The van der Waals surface area contributed by atoms with E-state index in [0.717, 1.165) is 21.6 Å². The molecule has 0 saturated carbocycles. The van der Waals surface area contributed by atoms with Crippen molar-refractivity contribution in [2.45, 2.75) is 19.4 Å². The molecule has 1 nitrogen and oxygen atoms in total. The Labute approximate surface area is 140 Å². The van der Waals surface area contributed by atoms with E-state index >= 15 is 0 Å². The number of halogens is 4. The molecule has 6 heteroatoms. The van der Waals surface area contributed by atoms with Gasteiger partial charge >= 0.3 is 0 Å². The molecule has 0 saturated heterocycles. The normalized spacial score (nSPS) is 12.7. The SMILES string of the molecule is CCCNC(c1cc(Cl)c(Br)s1)c1c(F)cccc1Cl. The number of thiophene rings is 1. The predicted octanol–water partition coefficient (Wildman–Crippen LogP) is 6.05. The third-order valence-corrected chi connectivity index (χ3v) is 5.70. The number of nitrogens with one attached hydrogen (secondary N) is 1. The third kappa shape index (κ3) is 3.55. The van der Waals surface area contributed by atoms with Gasteiger partial charge < -0.3 is 5.32 Å². The van der Waals surface area contributed by atoms with Crippen LogP contribution in [-0.2, 0) is 0 Å². The van der Waals surface area contributed by atoms with Crippen LogP contribution in [0, 0.1) is 5.82 Å². The van der Waals surface area contributed by atoms with E-state index in [0.29, 0.717) is 15.6 Å². The molecule has 1 N–H and O–H groups in total. The van der Waals surface area contributed by atoms with Crippen LogP contribution in [0.1, 0.15) is 29.8 Å². The second-order valence-electron chi connectivity index (χ2n) is 4.29. The van der Waals surface area contributed by atoms with Crippen LogP contribution in [0.25, 0.3) is 0 Å². The molecule has 0 aliphatic rings. The van der Waals surface area contributed by atoms with Crippen molar-refractivity contribution in [2.75, 3.05) is 6.54 Å². The molecular formula is C14H13BrCl2FNS. The topological polar surface area (TPSA) is 12.0 Å². The first-order valence-corrected chi connectivity index (χ1v) is 8.53. The van der Waals surface area contributed by atoms with Gasteiger partial charge in [-0.2, -0.15) is 0 Å². The van der Waals surface area contributed by atoms with Crippen LogP contribution in [0.15, 0.2) is 28.1 Å². The monoisotopic (exact) mass is 395 g/mol. The lowest BCUT2D eigenvalue weighted by atomic mass is 10.0. The lowest BCUT2D eigenvalue weighted by molar-refractivity contribution is 0.551. The smallest absolute Gasteiger partial charge is 0.129 e. The zero-order chi connectivity index (χ0) is 14.7. The molecule has 0 aliphatic carbocycles. The molecule has 2 aromatic rings. The minimum Gasteiger partial charge on any atom is -0.305 e. The minimum absolute atomic E-state index is 0.294. The fraction of sp³-hybridized carbons (Fsp3) is 0.286. The van der Waals surface area contributed by atoms with Crippen LogP contribution in [0.3, 0.4) is 0 Å². The van der Waals surface area contributed by atoms with E-state index in [-0.39, 0.29) is 11.9 Å². The van der Waals surface area contributed by atoms with Gasteiger partial charge in [-0.3, -0.25) is 0 Å². The first-order valence-electron chi connectivity index (χ1n) is 6.16. The molecular weight excluding hydrogens is 384 g/mol. The zero-order valence-electron chi connectivity index (χ0n) is 10.7.